The van der Waals surface area contributed by atoms with Crippen LogP contribution in [0.1, 0.15) is 27.3 Å². The molecule has 0 atom stereocenters. The van der Waals surface area contributed by atoms with Crippen LogP contribution in [0, 0.1) is 5.82 Å². The number of esters is 1. The van der Waals surface area contributed by atoms with Gasteiger partial charge in [0, 0.05) is 44.3 Å². The average molecular weight is 597 g/mol. The van der Waals surface area contributed by atoms with Gasteiger partial charge in [-0.05, 0) is 42.0 Å². The number of benzene rings is 3. The van der Waals surface area contributed by atoms with Crippen LogP contribution in [0.15, 0.2) is 72.8 Å². The molecule has 0 bridgehead atoms. The minimum atomic E-state index is -0.432. The Labute approximate surface area is 254 Å². The molecular formula is C34H33FN4O5. The Bertz CT molecular complexity index is 1820. The van der Waals surface area contributed by atoms with Crippen molar-refractivity contribution in [3.63, 3.8) is 0 Å². The molecule has 0 aliphatic carbocycles. The van der Waals surface area contributed by atoms with Crippen LogP contribution in [-0.4, -0.2) is 61.5 Å². The number of fused-ring (bicyclic) bond motifs is 2. The molecule has 0 saturated carbocycles. The molecule has 2 aromatic heterocycles. The van der Waals surface area contributed by atoms with Crippen molar-refractivity contribution >= 4 is 22.7 Å². The van der Waals surface area contributed by atoms with Crippen LogP contribution in [0.3, 0.4) is 0 Å². The number of carbonyl (C=O) groups excluding carboxylic acids is 1. The summed E-state index contributed by atoms with van der Waals surface area (Å²) in [7, 11) is 5.00. The lowest BCUT2D eigenvalue weighted by atomic mass is 10.1. The van der Waals surface area contributed by atoms with Crippen molar-refractivity contribution in [1.82, 2.24) is 14.5 Å². The van der Waals surface area contributed by atoms with Crippen LogP contribution >= 0.6 is 0 Å². The third-order valence-electron chi connectivity index (χ3n) is 7.72. The number of ether oxygens (including phenoxy) is 4. The Morgan fingerprint density at radius 2 is 1.86 bits per heavy atom. The van der Waals surface area contributed by atoms with Gasteiger partial charge >= 0.3 is 5.97 Å². The summed E-state index contributed by atoms with van der Waals surface area (Å²) in [5.74, 6) is 1.13. The zero-order valence-electron chi connectivity index (χ0n) is 24.9. The Morgan fingerprint density at radius 3 is 2.68 bits per heavy atom. The highest BCUT2D eigenvalue weighted by Gasteiger charge is 2.19. The molecule has 0 amide bonds. The van der Waals surface area contributed by atoms with Gasteiger partial charge in [0.1, 0.15) is 30.6 Å². The second-order valence-corrected chi connectivity index (χ2v) is 10.5. The third-order valence-corrected chi connectivity index (χ3v) is 7.72. The molecule has 0 spiro atoms. The number of methoxy groups -OCH3 is 2. The van der Waals surface area contributed by atoms with E-state index in [0.29, 0.717) is 66.0 Å². The quantitative estimate of drug-likeness (QED) is 0.191. The highest BCUT2D eigenvalue weighted by molar-refractivity contribution is 5.93. The maximum absolute atomic E-state index is 15.5. The van der Waals surface area contributed by atoms with E-state index in [1.165, 1.54) is 13.2 Å². The van der Waals surface area contributed by atoms with E-state index in [4.69, 9.17) is 23.9 Å². The van der Waals surface area contributed by atoms with E-state index in [1.807, 2.05) is 48.0 Å². The standard InChI is InChI=1S/C34H33FN4O5/c1-38-14-17-43-33-25(6-4-8-29(33)38)21-44-32-9-5-7-27(37-32)23-11-10-22(26(35)18-23)20-31-36-28-13-12-24(34(40)42-3)19-30(28)39(31)15-16-41-2/h4-13,18-19H,14-17,20-21H2,1-3H3. The smallest absolute Gasteiger partial charge is 0.337 e. The minimum Gasteiger partial charge on any atom is -0.489 e. The van der Waals surface area contributed by atoms with E-state index in [2.05, 4.69) is 9.88 Å². The summed E-state index contributed by atoms with van der Waals surface area (Å²) in [6, 6.07) is 21.7. The number of imidazole rings is 1. The number of carbonyl (C=O) groups is 1. The maximum Gasteiger partial charge on any atom is 0.337 e. The molecule has 9 nitrogen and oxygen atoms in total. The second-order valence-electron chi connectivity index (χ2n) is 10.5. The predicted molar refractivity (Wildman–Crippen MR) is 165 cm³/mol. The number of aromatic nitrogens is 3. The number of halogens is 1. The molecule has 0 N–H and O–H groups in total. The van der Waals surface area contributed by atoms with Crippen LogP contribution < -0.4 is 14.4 Å². The zero-order chi connectivity index (χ0) is 30.6. The van der Waals surface area contributed by atoms with Gasteiger partial charge in [0.15, 0.2) is 0 Å². The van der Waals surface area contributed by atoms with E-state index in [-0.39, 0.29) is 12.2 Å². The van der Waals surface area contributed by atoms with Crippen molar-refractivity contribution in [2.24, 2.45) is 0 Å². The summed E-state index contributed by atoms with van der Waals surface area (Å²) in [5.41, 5.74) is 5.58. The van der Waals surface area contributed by atoms with E-state index in [0.717, 1.165) is 29.1 Å². The van der Waals surface area contributed by atoms with Crippen molar-refractivity contribution < 1.29 is 28.1 Å². The fourth-order valence-corrected chi connectivity index (χ4v) is 5.37. The number of rotatable bonds is 10. The summed E-state index contributed by atoms with van der Waals surface area (Å²) >= 11 is 0. The van der Waals surface area contributed by atoms with Crippen LogP contribution in [0.25, 0.3) is 22.3 Å². The summed E-state index contributed by atoms with van der Waals surface area (Å²) < 4.78 is 39.6. The van der Waals surface area contributed by atoms with Crippen molar-refractivity contribution in [2.75, 3.05) is 45.9 Å². The fraction of sp³-hybridized carbons (Fsp3) is 0.265. The Kier molecular flexibility index (Phi) is 8.42. The first-order valence-electron chi connectivity index (χ1n) is 14.4. The second kappa shape index (κ2) is 12.7. The molecule has 1 aliphatic heterocycles. The van der Waals surface area contributed by atoms with E-state index < -0.39 is 5.97 Å². The Morgan fingerprint density at radius 1 is 1.00 bits per heavy atom. The van der Waals surface area contributed by atoms with Gasteiger partial charge in [-0.3, -0.25) is 0 Å². The first-order valence-corrected chi connectivity index (χ1v) is 14.4. The largest absolute Gasteiger partial charge is 0.489 e. The molecule has 5 aromatic rings. The van der Waals surface area contributed by atoms with Gasteiger partial charge in [-0.25, -0.2) is 19.2 Å². The molecule has 0 fully saturated rings. The lowest BCUT2D eigenvalue weighted by Crippen LogP contribution is -2.29. The number of pyridine rings is 1. The summed E-state index contributed by atoms with van der Waals surface area (Å²) in [5, 5.41) is 0. The van der Waals surface area contributed by atoms with Crippen molar-refractivity contribution in [3.8, 4) is 22.9 Å². The fourth-order valence-electron chi connectivity index (χ4n) is 5.37. The molecule has 1 aliphatic rings. The molecule has 226 valence electrons. The highest BCUT2D eigenvalue weighted by Crippen LogP contribution is 2.35. The Balaban J connectivity index is 1.21. The normalized spacial score (nSPS) is 12.6. The molecule has 10 heteroatoms. The number of para-hydroxylation sites is 1. The molecule has 0 saturated heterocycles. The molecular weight excluding hydrogens is 563 g/mol. The molecule has 3 aromatic carbocycles. The summed E-state index contributed by atoms with van der Waals surface area (Å²) in [6.07, 6.45) is 0.257. The lowest BCUT2D eigenvalue weighted by Gasteiger charge is -2.29. The number of anilines is 1. The molecule has 0 radical (unpaired) electrons. The SMILES string of the molecule is COCCn1c(Cc2ccc(-c3cccc(OCc4cccc5c4OCCN5C)n3)cc2F)nc2ccc(C(=O)OC)cc21. The van der Waals surface area contributed by atoms with Crippen molar-refractivity contribution in [3.05, 3.63) is 101 Å². The number of nitrogens with zero attached hydrogens (tertiary/aromatic N) is 4. The number of hydrogen-bond donors (Lipinski definition) is 0. The van der Waals surface area contributed by atoms with Crippen LogP contribution in [-0.2, 0) is 29.0 Å². The van der Waals surface area contributed by atoms with E-state index in [1.54, 1.807) is 37.4 Å². The highest BCUT2D eigenvalue weighted by atomic mass is 19.1. The van der Waals surface area contributed by atoms with Gasteiger partial charge in [0.2, 0.25) is 5.88 Å². The molecule has 0 unspecified atom stereocenters. The van der Waals surface area contributed by atoms with Gasteiger partial charge in [-0.2, -0.15) is 0 Å². The van der Waals surface area contributed by atoms with Crippen LogP contribution in [0.4, 0.5) is 10.1 Å². The zero-order valence-corrected chi connectivity index (χ0v) is 24.9. The monoisotopic (exact) mass is 596 g/mol. The van der Waals surface area contributed by atoms with Crippen molar-refractivity contribution in [2.45, 2.75) is 19.6 Å². The van der Waals surface area contributed by atoms with Gasteiger partial charge in [-0.15, -0.1) is 0 Å². The minimum absolute atomic E-state index is 0.257. The third kappa shape index (κ3) is 5.93. The van der Waals surface area contributed by atoms with E-state index >= 15 is 4.39 Å². The molecule has 44 heavy (non-hydrogen) atoms. The summed E-state index contributed by atoms with van der Waals surface area (Å²) in [4.78, 5) is 23.7. The topological polar surface area (TPSA) is 87.9 Å². The van der Waals surface area contributed by atoms with Crippen LogP contribution in [0.2, 0.25) is 0 Å². The van der Waals surface area contributed by atoms with Crippen molar-refractivity contribution in [1.29, 1.82) is 0 Å². The number of likely N-dealkylation sites (N-methyl/N-ethyl adjacent to an activating group) is 1. The number of hydrogen-bond acceptors (Lipinski definition) is 8. The van der Waals surface area contributed by atoms with Gasteiger partial charge < -0.3 is 28.4 Å². The average Bonchev–Trinajstić information content (AvgIpc) is 3.39. The molecule has 3 heterocycles. The Hall–Kier alpha value is -4.96. The first kappa shape index (κ1) is 29.1. The van der Waals surface area contributed by atoms with Crippen LogP contribution in [0.5, 0.6) is 11.6 Å². The van der Waals surface area contributed by atoms with E-state index in [9.17, 15) is 4.79 Å². The predicted octanol–water partition coefficient (Wildman–Crippen LogP) is 5.67. The van der Waals surface area contributed by atoms with Gasteiger partial charge in [-0.1, -0.05) is 30.3 Å². The summed E-state index contributed by atoms with van der Waals surface area (Å²) in [6.45, 7) is 2.69. The van der Waals surface area contributed by atoms with Gasteiger partial charge in [0.25, 0.3) is 0 Å². The molecule has 6 rings (SSSR count). The first-order chi connectivity index (χ1) is 21.4. The maximum atomic E-state index is 15.5. The lowest BCUT2D eigenvalue weighted by molar-refractivity contribution is 0.0601. The van der Waals surface area contributed by atoms with Gasteiger partial charge in [0.05, 0.1) is 48.2 Å².